The zero-order valence-electron chi connectivity index (χ0n) is 8.27. The van der Waals surface area contributed by atoms with Gasteiger partial charge in [0.2, 0.25) is 0 Å². The maximum atomic E-state index is 5.52. The number of hydrogen-bond acceptors (Lipinski definition) is 2. The van der Waals surface area contributed by atoms with Crippen molar-refractivity contribution in [2.75, 3.05) is 13.7 Å². The first-order chi connectivity index (χ1) is 5.67. The predicted molar refractivity (Wildman–Crippen MR) is 50.9 cm³/mol. The molecule has 1 N–H and O–H groups in total. The van der Waals surface area contributed by atoms with Crippen molar-refractivity contribution >= 4 is 0 Å². The van der Waals surface area contributed by atoms with Gasteiger partial charge >= 0.3 is 0 Å². The molecule has 0 heterocycles. The average molecular weight is 167 g/mol. The van der Waals surface area contributed by atoms with Crippen molar-refractivity contribution in [1.82, 2.24) is 5.32 Å². The molecule has 0 aromatic carbocycles. The van der Waals surface area contributed by atoms with E-state index < -0.39 is 0 Å². The van der Waals surface area contributed by atoms with Crippen molar-refractivity contribution in [1.29, 1.82) is 0 Å². The zero-order chi connectivity index (χ0) is 9.19. The molecule has 0 aromatic heterocycles. The summed E-state index contributed by atoms with van der Waals surface area (Å²) in [5.74, 6) is 0. The topological polar surface area (TPSA) is 21.3 Å². The van der Waals surface area contributed by atoms with Gasteiger partial charge in [0.05, 0.1) is 0 Å². The van der Waals surface area contributed by atoms with Crippen LogP contribution in [-0.2, 0) is 4.74 Å². The minimum atomic E-state index is -0.325. The number of rotatable bonds is 3. The Morgan fingerprint density at radius 2 is 1.83 bits per heavy atom. The van der Waals surface area contributed by atoms with Gasteiger partial charge in [0.15, 0.2) is 5.72 Å². The molecule has 0 aromatic rings. The van der Waals surface area contributed by atoms with Crippen LogP contribution in [0.25, 0.3) is 0 Å². The van der Waals surface area contributed by atoms with Crippen molar-refractivity contribution in [2.45, 2.75) is 26.5 Å². The zero-order valence-corrected chi connectivity index (χ0v) is 8.27. The monoisotopic (exact) mass is 167 g/mol. The van der Waals surface area contributed by atoms with Crippen LogP contribution in [0.2, 0.25) is 0 Å². The fourth-order valence-corrected chi connectivity index (χ4v) is 1.72. The van der Waals surface area contributed by atoms with Gasteiger partial charge in [0.1, 0.15) is 0 Å². The van der Waals surface area contributed by atoms with Crippen LogP contribution >= 0.6 is 0 Å². The fraction of sp³-hybridized carbons (Fsp3) is 0.600. The first-order valence-electron chi connectivity index (χ1n) is 4.33. The number of likely N-dealkylation sites (N-methyl/N-ethyl adjacent to an activating group) is 1. The van der Waals surface area contributed by atoms with E-state index in [9.17, 15) is 0 Å². The third-order valence-corrected chi connectivity index (χ3v) is 2.43. The Bertz CT molecular complexity index is 210. The molecule has 0 bridgehead atoms. The van der Waals surface area contributed by atoms with Gasteiger partial charge in [-0.2, -0.15) is 0 Å². The summed E-state index contributed by atoms with van der Waals surface area (Å²) in [7, 11) is 1.74. The van der Waals surface area contributed by atoms with Gasteiger partial charge in [-0.15, -0.1) is 0 Å². The highest BCUT2D eigenvalue weighted by Crippen LogP contribution is 2.31. The Hall–Kier alpha value is -0.600. The average Bonchev–Trinajstić information content (AvgIpc) is 2.33. The molecule has 2 heteroatoms. The van der Waals surface area contributed by atoms with E-state index in [0.29, 0.717) is 0 Å². The summed E-state index contributed by atoms with van der Waals surface area (Å²) in [6.07, 6.45) is 4.20. The van der Waals surface area contributed by atoms with Crippen LogP contribution in [0.4, 0.5) is 0 Å². The van der Waals surface area contributed by atoms with Crippen molar-refractivity contribution in [3.05, 3.63) is 23.3 Å². The minimum absolute atomic E-state index is 0.325. The third kappa shape index (κ3) is 1.21. The lowest BCUT2D eigenvalue weighted by atomic mass is 10.0. The molecule has 0 aliphatic heterocycles. The van der Waals surface area contributed by atoms with E-state index in [2.05, 4.69) is 38.2 Å². The lowest BCUT2D eigenvalue weighted by Gasteiger charge is -2.32. The van der Waals surface area contributed by atoms with Crippen LogP contribution in [0, 0.1) is 0 Å². The van der Waals surface area contributed by atoms with E-state index in [0.717, 1.165) is 6.54 Å². The van der Waals surface area contributed by atoms with Gasteiger partial charge in [-0.25, -0.2) is 0 Å². The maximum absolute atomic E-state index is 5.52. The molecule has 0 spiro atoms. The summed E-state index contributed by atoms with van der Waals surface area (Å²) in [6.45, 7) is 7.15. The molecule has 2 nitrogen and oxygen atoms in total. The second-order valence-corrected chi connectivity index (χ2v) is 3.11. The van der Waals surface area contributed by atoms with E-state index in [1.165, 1.54) is 11.1 Å². The Morgan fingerprint density at radius 1 is 1.33 bits per heavy atom. The van der Waals surface area contributed by atoms with E-state index in [-0.39, 0.29) is 5.72 Å². The number of allylic oxidation sites excluding steroid dienone is 2. The maximum Gasteiger partial charge on any atom is 0.163 e. The molecule has 0 atom stereocenters. The first-order valence-corrected chi connectivity index (χ1v) is 4.33. The smallest absolute Gasteiger partial charge is 0.163 e. The summed E-state index contributed by atoms with van der Waals surface area (Å²) < 4.78 is 5.52. The van der Waals surface area contributed by atoms with Crippen molar-refractivity contribution in [3.63, 3.8) is 0 Å². The molecule has 1 aliphatic rings. The van der Waals surface area contributed by atoms with Gasteiger partial charge < -0.3 is 4.74 Å². The summed E-state index contributed by atoms with van der Waals surface area (Å²) in [5, 5.41) is 3.35. The van der Waals surface area contributed by atoms with E-state index in [1.54, 1.807) is 7.11 Å². The first kappa shape index (κ1) is 9.49. The number of hydrogen-bond donors (Lipinski definition) is 1. The molecule has 1 rings (SSSR count). The molecule has 0 saturated heterocycles. The summed E-state index contributed by atoms with van der Waals surface area (Å²) in [5.41, 5.74) is 2.13. The van der Waals surface area contributed by atoms with Crippen molar-refractivity contribution < 1.29 is 4.74 Å². The van der Waals surface area contributed by atoms with Gasteiger partial charge in [0, 0.05) is 7.11 Å². The molecule has 1 aliphatic carbocycles. The van der Waals surface area contributed by atoms with Gasteiger partial charge in [-0.3, -0.25) is 5.32 Å². The normalized spacial score (nSPS) is 20.7. The summed E-state index contributed by atoms with van der Waals surface area (Å²) >= 11 is 0. The van der Waals surface area contributed by atoms with Gasteiger partial charge in [-0.1, -0.05) is 19.1 Å². The quantitative estimate of drug-likeness (QED) is 0.648. The number of methoxy groups -OCH3 is 1. The SMILES string of the molecule is CCNC1(OC)C(C)=CC=C1C. The summed E-state index contributed by atoms with van der Waals surface area (Å²) in [4.78, 5) is 0. The molecule has 12 heavy (non-hydrogen) atoms. The molecular formula is C10H17NO. The minimum Gasteiger partial charge on any atom is -0.356 e. The van der Waals surface area contributed by atoms with Crippen LogP contribution in [0.5, 0.6) is 0 Å². The molecular weight excluding hydrogens is 150 g/mol. The molecule has 0 saturated carbocycles. The van der Waals surface area contributed by atoms with E-state index >= 15 is 0 Å². The molecule has 0 amide bonds. The van der Waals surface area contributed by atoms with Crippen LogP contribution in [0.3, 0.4) is 0 Å². The predicted octanol–water partition coefficient (Wildman–Crippen LogP) is 1.84. The van der Waals surface area contributed by atoms with Crippen LogP contribution in [0.15, 0.2) is 23.3 Å². The van der Waals surface area contributed by atoms with Crippen LogP contribution in [-0.4, -0.2) is 19.4 Å². The van der Waals surface area contributed by atoms with Crippen molar-refractivity contribution in [2.24, 2.45) is 0 Å². The molecule has 0 unspecified atom stereocenters. The van der Waals surface area contributed by atoms with Crippen molar-refractivity contribution in [3.8, 4) is 0 Å². The van der Waals surface area contributed by atoms with E-state index in [1.807, 2.05) is 0 Å². The van der Waals surface area contributed by atoms with Gasteiger partial charge in [-0.05, 0) is 31.5 Å². The lowest BCUT2D eigenvalue weighted by molar-refractivity contribution is 0.0282. The van der Waals surface area contributed by atoms with Crippen LogP contribution < -0.4 is 5.32 Å². The highest BCUT2D eigenvalue weighted by atomic mass is 16.5. The summed E-state index contributed by atoms with van der Waals surface area (Å²) in [6, 6.07) is 0. The van der Waals surface area contributed by atoms with Crippen LogP contribution in [0.1, 0.15) is 20.8 Å². The number of ether oxygens (including phenoxy) is 1. The Balaban J connectivity index is 2.91. The highest BCUT2D eigenvalue weighted by molar-refractivity contribution is 5.40. The molecule has 0 fully saturated rings. The Morgan fingerprint density at radius 3 is 2.17 bits per heavy atom. The van der Waals surface area contributed by atoms with Gasteiger partial charge in [0.25, 0.3) is 0 Å². The van der Waals surface area contributed by atoms with E-state index in [4.69, 9.17) is 4.74 Å². The standard InChI is InChI=1S/C10H17NO/c1-5-11-10(12-4)8(2)6-7-9(10)3/h6-7,11H,5H2,1-4H3. The Labute approximate surface area is 74.3 Å². The fourth-order valence-electron chi connectivity index (χ4n) is 1.72. The molecule has 68 valence electrons. The molecule has 0 radical (unpaired) electrons. The second-order valence-electron chi connectivity index (χ2n) is 3.11. The third-order valence-electron chi connectivity index (χ3n) is 2.43. The largest absolute Gasteiger partial charge is 0.356 e. The highest BCUT2D eigenvalue weighted by Gasteiger charge is 2.35. The second kappa shape index (κ2) is 3.42. The lowest BCUT2D eigenvalue weighted by Crippen LogP contribution is -2.47. The Kier molecular flexibility index (Phi) is 2.70. The number of nitrogens with one attached hydrogen (secondary N) is 1.